The fraction of sp³-hybridized carbons (Fsp3) is 0.520. The molecule has 0 amide bonds. The van der Waals surface area contributed by atoms with Gasteiger partial charge in [0.05, 0.1) is 6.10 Å². The zero-order valence-corrected chi connectivity index (χ0v) is 18.3. The zero-order chi connectivity index (χ0) is 20.7. The molecule has 3 nitrogen and oxygen atoms in total. The second kappa shape index (κ2) is 7.35. The molecule has 0 aromatic heterocycles. The Morgan fingerprint density at radius 1 is 0.964 bits per heavy atom. The van der Waals surface area contributed by atoms with Gasteiger partial charge in [-0.25, -0.2) is 0 Å². The normalized spacial score (nSPS) is 17.3. The summed E-state index contributed by atoms with van der Waals surface area (Å²) < 4.78 is 6.12. The van der Waals surface area contributed by atoms with Crippen LogP contribution in [0.4, 0.5) is 0 Å². The Morgan fingerprint density at radius 2 is 1.57 bits per heavy atom. The second-order valence-corrected chi connectivity index (χ2v) is 9.76. The van der Waals surface area contributed by atoms with Crippen molar-refractivity contribution < 1.29 is 4.74 Å². The zero-order valence-electron chi connectivity index (χ0n) is 18.3. The van der Waals surface area contributed by atoms with Crippen LogP contribution >= 0.6 is 0 Å². The highest BCUT2D eigenvalue weighted by molar-refractivity contribution is 5.76. The molecular weight excluding hydrogens is 346 g/mol. The van der Waals surface area contributed by atoms with Crippen LogP contribution in [0.25, 0.3) is 11.1 Å². The molecule has 150 valence electrons. The Bertz CT molecular complexity index is 894. The average molecular weight is 380 g/mol. The van der Waals surface area contributed by atoms with Gasteiger partial charge in [0.25, 0.3) is 0 Å². The van der Waals surface area contributed by atoms with E-state index in [1.54, 1.807) is 0 Å². The van der Waals surface area contributed by atoms with Crippen molar-refractivity contribution >= 4 is 0 Å². The number of nitroso groups, excluding NO2 is 1. The van der Waals surface area contributed by atoms with Crippen LogP contribution in [0.3, 0.4) is 0 Å². The van der Waals surface area contributed by atoms with Gasteiger partial charge in [0, 0.05) is 5.56 Å². The molecule has 0 saturated heterocycles. The second-order valence-electron chi connectivity index (χ2n) is 9.76. The number of hydrogen-bond acceptors (Lipinski definition) is 3. The summed E-state index contributed by atoms with van der Waals surface area (Å²) in [5, 5.41) is 3.08. The maximum absolute atomic E-state index is 10.8. The van der Waals surface area contributed by atoms with Crippen molar-refractivity contribution in [1.82, 2.24) is 0 Å². The molecule has 0 N–H and O–H groups in total. The highest BCUT2D eigenvalue weighted by atomic mass is 16.5. The molecule has 0 atom stereocenters. The molecule has 0 spiro atoms. The minimum atomic E-state index is 0.0853. The van der Waals surface area contributed by atoms with E-state index in [0.29, 0.717) is 0 Å². The minimum Gasteiger partial charge on any atom is -0.490 e. The average Bonchev–Trinajstić information content (AvgIpc) is 2.60. The predicted octanol–water partition coefficient (Wildman–Crippen LogP) is 7.06. The van der Waals surface area contributed by atoms with Gasteiger partial charge in [-0.05, 0) is 90.5 Å². The highest BCUT2D eigenvalue weighted by Crippen LogP contribution is 2.48. The Balaban J connectivity index is 2.24. The maximum Gasteiger partial charge on any atom is 0.127 e. The lowest BCUT2D eigenvalue weighted by Gasteiger charge is -2.42. The van der Waals surface area contributed by atoms with Crippen molar-refractivity contribution in [3.8, 4) is 16.9 Å². The molecule has 1 aliphatic rings. The van der Waals surface area contributed by atoms with E-state index in [9.17, 15) is 4.91 Å². The summed E-state index contributed by atoms with van der Waals surface area (Å²) in [5.41, 5.74) is 7.62. The van der Waals surface area contributed by atoms with Gasteiger partial charge in [0.15, 0.2) is 0 Å². The van der Waals surface area contributed by atoms with Crippen molar-refractivity contribution in [2.75, 3.05) is 0 Å². The van der Waals surface area contributed by atoms with Crippen LogP contribution in [0.5, 0.6) is 5.75 Å². The van der Waals surface area contributed by atoms with Crippen molar-refractivity contribution in [1.29, 1.82) is 0 Å². The molecule has 2 aromatic rings. The van der Waals surface area contributed by atoms with Crippen LogP contribution in [0.15, 0.2) is 35.5 Å². The molecule has 1 aliphatic carbocycles. The summed E-state index contributed by atoms with van der Waals surface area (Å²) in [6, 6.07) is 10.7. The van der Waals surface area contributed by atoms with Crippen LogP contribution < -0.4 is 4.74 Å². The predicted molar refractivity (Wildman–Crippen MR) is 117 cm³/mol. The van der Waals surface area contributed by atoms with E-state index in [1.165, 1.54) is 35.1 Å². The van der Waals surface area contributed by atoms with Gasteiger partial charge in [0.2, 0.25) is 0 Å². The molecule has 0 unspecified atom stereocenters. The SMILES string of the molecule is Cc1cc2c(cc1-c1cc(CN=O)ccc1OC(C)C)C(C)(C)CCC2(C)C. The van der Waals surface area contributed by atoms with Crippen molar-refractivity contribution in [2.45, 2.75) is 84.8 Å². The first kappa shape index (κ1) is 20.6. The first-order valence-corrected chi connectivity index (χ1v) is 10.3. The third kappa shape index (κ3) is 3.85. The number of aryl methyl sites for hydroxylation is 1. The van der Waals surface area contributed by atoms with Crippen LogP contribution in [0.1, 0.15) is 76.6 Å². The van der Waals surface area contributed by atoms with E-state index in [-0.39, 0.29) is 23.5 Å². The lowest BCUT2D eigenvalue weighted by molar-refractivity contribution is 0.243. The van der Waals surface area contributed by atoms with Crippen molar-refractivity contribution in [3.05, 3.63) is 57.5 Å². The number of benzene rings is 2. The molecule has 0 saturated carbocycles. The first-order chi connectivity index (χ1) is 13.0. The van der Waals surface area contributed by atoms with E-state index in [2.05, 4.69) is 58.0 Å². The van der Waals surface area contributed by atoms with E-state index in [4.69, 9.17) is 4.74 Å². The fourth-order valence-corrected chi connectivity index (χ4v) is 4.33. The monoisotopic (exact) mass is 379 g/mol. The quantitative estimate of drug-likeness (QED) is 0.521. The summed E-state index contributed by atoms with van der Waals surface area (Å²) in [7, 11) is 0. The van der Waals surface area contributed by atoms with Crippen molar-refractivity contribution in [2.24, 2.45) is 5.18 Å². The topological polar surface area (TPSA) is 38.7 Å². The minimum absolute atomic E-state index is 0.0853. The molecule has 3 rings (SSSR count). The van der Waals surface area contributed by atoms with Gasteiger partial charge in [-0.15, -0.1) is 0 Å². The lowest BCUT2D eigenvalue weighted by Crippen LogP contribution is -2.34. The van der Waals surface area contributed by atoms with Crippen LogP contribution in [0.2, 0.25) is 0 Å². The molecule has 0 bridgehead atoms. The Morgan fingerprint density at radius 3 is 2.14 bits per heavy atom. The van der Waals surface area contributed by atoms with Gasteiger partial charge >= 0.3 is 0 Å². The number of hydrogen-bond donors (Lipinski definition) is 0. The number of ether oxygens (including phenoxy) is 1. The number of nitrogens with zero attached hydrogens (tertiary/aromatic N) is 1. The van der Waals surface area contributed by atoms with E-state index < -0.39 is 0 Å². The Hall–Kier alpha value is -2.16. The van der Waals surface area contributed by atoms with Gasteiger partial charge in [0.1, 0.15) is 12.3 Å². The highest BCUT2D eigenvalue weighted by Gasteiger charge is 2.37. The standard InChI is InChI=1S/C25H33NO2/c1-16(2)28-23-9-8-18(15-26-27)13-20(23)19-14-22-21(12-17(19)3)24(4,5)10-11-25(22,6)7/h8-9,12-14,16H,10-11,15H2,1-7H3. The molecule has 0 radical (unpaired) electrons. The lowest BCUT2D eigenvalue weighted by atomic mass is 9.62. The largest absolute Gasteiger partial charge is 0.490 e. The van der Waals surface area contributed by atoms with E-state index in [0.717, 1.165) is 16.9 Å². The molecule has 0 fully saturated rings. The van der Waals surface area contributed by atoms with Crippen molar-refractivity contribution in [3.63, 3.8) is 0 Å². The smallest absolute Gasteiger partial charge is 0.127 e. The van der Waals surface area contributed by atoms with E-state index >= 15 is 0 Å². The summed E-state index contributed by atoms with van der Waals surface area (Å²) in [4.78, 5) is 10.8. The molecule has 28 heavy (non-hydrogen) atoms. The summed E-state index contributed by atoms with van der Waals surface area (Å²) in [6.07, 6.45) is 2.47. The fourth-order valence-electron chi connectivity index (χ4n) is 4.33. The third-order valence-electron chi connectivity index (χ3n) is 6.14. The molecular formula is C25H33NO2. The summed E-state index contributed by atoms with van der Waals surface area (Å²) in [6.45, 7) is 15.8. The van der Waals surface area contributed by atoms with Gasteiger partial charge in [-0.3, -0.25) is 0 Å². The van der Waals surface area contributed by atoms with E-state index in [1.807, 2.05) is 26.0 Å². The Labute approximate surface area is 169 Å². The summed E-state index contributed by atoms with van der Waals surface area (Å²) in [5.74, 6) is 0.862. The molecule has 0 aliphatic heterocycles. The van der Waals surface area contributed by atoms with Crippen LogP contribution in [-0.4, -0.2) is 6.10 Å². The number of fused-ring (bicyclic) bond motifs is 1. The Kier molecular flexibility index (Phi) is 5.40. The number of rotatable bonds is 5. The van der Waals surface area contributed by atoms with Gasteiger partial charge in [-0.2, -0.15) is 4.91 Å². The van der Waals surface area contributed by atoms with Crippen LogP contribution in [0, 0.1) is 11.8 Å². The molecule has 0 heterocycles. The molecule has 3 heteroatoms. The summed E-state index contributed by atoms with van der Waals surface area (Å²) >= 11 is 0. The first-order valence-electron chi connectivity index (χ1n) is 10.3. The van der Waals surface area contributed by atoms with Crippen LogP contribution in [-0.2, 0) is 17.4 Å². The molecule has 2 aromatic carbocycles. The third-order valence-corrected chi connectivity index (χ3v) is 6.14. The maximum atomic E-state index is 10.8. The van der Waals surface area contributed by atoms with Gasteiger partial charge < -0.3 is 4.74 Å². The van der Waals surface area contributed by atoms with Gasteiger partial charge in [-0.1, -0.05) is 45.0 Å².